The Kier molecular flexibility index (Phi) is 4.98. The van der Waals surface area contributed by atoms with Crippen molar-refractivity contribution >= 4 is 11.6 Å². The largest absolute Gasteiger partial charge is 0.477 e. The first-order chi connectivity index (χ1) is 12.9. The molecule has 0 spiro atoms. The van der Waals surface area contributed by atoms with Gasteiger partial charge in [-0.05, 0) is 66.2 Å². The van der Waals surface area contributed by atoms with Crippen LogP contribution in [0.25, 0.3) is 5.69 Å². The lowest BCUT2D eigenvalue weighted by Gasteiger charge is -2.10. The van der Waals surface area contributed by atoms with Crippen LogP contribution in [0.1, 0.15) is 21.7 Å². The Morgan fingerprint density at radius 2 is 1.96 bits per heavy atom. The Morgan fingerprint density at radius 3 is 2.63 bits per heavy atom. The molecule has 0 aliphatic rings. The van der Waals surface area contributed by atoms with Gasteiger partial charge >= 0.3 is 5.82 Å². The van der Waals surface area contributed by atoms with Crippen LogP contribution in [0.4, 0.5) is 10.2 Å². The van der Waals surface area contributed by atoms with Crippen LogP contribution in [-0.2, 0) is 0 Å². The Bertz CT molecular complexity index is 1010. The molecule has 0 radical (unpaired) electrons. The van der Waals surface area contributed by atoms with E-state index in [0.717, 1.165) is 11.4 Å². The number of aryl methyl sites for hydroxylation is 1. The quantitative estimate of drug-likeness (QED) is 0.375. The predicted octanol–water partition coefficient (Wildman–Crippen LogP) is 3.80. The zero-order valence-corrected chi connectivity index (χ0v) is 14.7. The lowest BCUT2D eigenvalue weighted by molar-refractivity contribution is -0.390. The molecule has 0 aliphatic carbocycles. The van der Waals surface area contributed by atoms with Crippen molar-refractivity contribution in [2.45, 2.75) is 13.8 Å². The first-order valence-corrected chi connectivity index (χ1v) is 8.08. The van der Waals surface area contributed by atoms with Gasteiger partial charge in [0.15, 0.2) is 6.61 Å². The fraction of sp³-hybridized carbons (Fsp3) is 0.158. The van der Waals surface area contributed by atoms with Crippen LogP contribution in [0.5, 0.6) is 5.75 Å². The highest BCUT2D eigenvalue weighted by Gasteiger charge is 2.20. The Morgan fingerprint density at radius 1 is 1.26 bits per heavy atom. The minimum Gasteiger partial charge on any atom is -0.477 e. The maximum absolute atomic E-state index is 13.2. The molecule has 0 amide bonds. The van der Waals surface area contributed by atoms with Crippen molar-refractivity contribution in [2.24, 2.45) is 0 Å². The summed E-state index contributed by atoms with van der Waals surface area (Å²) in [6.07, 6.45) is 1.28. The molecule has 0 N–H and O–H groups in total. The second-order valence-corrected chi connectivity index (χ2v) is 5.89. The highest BCUT2D eigenvalue weighted by molar-refractivity contribution is 5.98. The number of benzene rings is 1. The van der Waals surface area contributed by atoms with Gasteiger partial charge in [0.1, 0.15) is 12.0 Å². The number of carbonyl (C=O) groups excluding carboxylic acids is 1. The van der Waals surface area contributed by atoms with Crippen molar-refractivity contribution in [3.05, 3.63) is 81.5 Å². The molecule has 0 unspecified atom stereocenters. The van der Waals surface area contributed by atoms with Gasteiger partial charge < -0.3 is 19.4 Å². The number of pyridine rings is 1. The van der Waals surface area contributed by atoms with Gasteiger partial charge in [-0.2, -0.15) is 0 Å². The van der Waals surface area contributed by atoms with E-state index in [1.165, 1.54) is 30.5 Å². The first kappa shape index (κ1) is 18.2. The third-order valence-electron chi connectivity index (χ3n) is 4.10. The predicted molar refractivity (Wildman–Crippen MR) is 95.9 cm³/mol. The summed E-state index contributed by atoms with van der Waals surface area (Å²) in [7, 11) is 0. The summed E-state index contributed by atoms with van der Waals surface area (Å²) in [5, 5.41) is 11.0. The molecule has 0 saturated heterocycles. The molecule has 2 aromatic heterocycles. The monoisotopic (exact) mass is 369 g/mol. The van der Waals surface area contributed by atoms with Gasteiger partial charge in [-0.25, -0.2) is 4.39 Å². The fourth-order valence-corrected chi connectivity index (χ4v) is 2.89. The van der Waals surface area contributed by atoms with Gasteiger partial charge in [-0.15, -0.1) is 0 Å². The highest BCUT2D eigenvalue weighted by Crippen LogP contribution is 2.25. The number of carbonyl (C=O) groups is 1. The van der Waals surface area contributed by atoms with Crippen molar-refractivity contribution in [1.82, 2.24) is 9.55 Å². The minimum absolute atomic E-state index is 0.0665. The summed E-state index contributed by atoms with van der Waals surface area (Å²) in [5.41, 5.74) is 2.64. The number of hydrogen-bond donors (Lipinski definition) is 0. The van der Waals surface area contributed by atoms with Crippen molar-refractivity contribution in [2.75, 3.05) is 6.61 Å². The standard InChI is InChI=1S/C19H16FN3O4/c1-12-10-16(13(2)22(12)15-7-5-14(20)6-8-15)17(24)11-27-18-4-3-9-21-19(18)23(25)26/h3-10H,11H2,1-2H3. The van der Waals surface area contributed by atoms with Gasteiger partial charge in [0.2, 0.25) is 11.5 Å². The van der Waals surface area contributed by atoms with Crippen LogP contribution in [-0.4, -0.2) is 26.9 Å². The molecule has 8 heteroatoms. The number of aromatic nitrogens is 2. The smallest absolute Gasteiger partial charge is 0.406 e. The number of nitro groups is 1. The molecule has 1 aromatic carbocycles. The van der Waals surface area contributed by atoms with Gasteiger partial charge in [0.05, 0.1) is 0 Å². The van der Waals surface area contributed by atoms with E-state index in [2.05, 4.69) is 4.98 Å². The Labute approximate surface area is 154 Å². The van der Waals surface area contributed by atoms with Gasteiger partial charge in [-0.1, -0.05) is 0 Å². The van der Waals surface area contributed by atoms with Crippen molar-refractivity contribution in [3.8, 4) is 11.4 Å². The van der Waals surface area contributed by atoms with Crippen LogP contribution >= 0.6 is 0 Å². The second-order valence-electron chi connectivity index (χ2n) is 5.89. The third kappa shape index (κ3) is 3.69. The molecule has 0 bridgehead atoms. The summed E-state index contributed by atoms with van der Waals surface area (Å²) in [5.74, 6) is -1.18. The first-order valence-electron chi connectivity index (χ1n) is 8.08. The van der Waals surface area contributed by atoms with Crippen molar-refractivity contribution in [1.29, 1.82) is 0 Å². The molecule has 7 nitrogen and oxygen atoms in total. The molecular formula is C19H16FN3O4. The van der Waals surface area contributed by atoms with E-state index in [-0.39, 0.29) is 24.0 Å². The molecule has 27 heavy (non-hydrogen) atoms. The summed E-state index contributed by atoms with van der Waals surface area (Å²) >= 11 is 0. The van der Waals surface area contributed by atoms with E-state index in [0.29, 0.717) is 11.3 Å². The molecule has 0 aliphatic heterocycles. The van der Waals surface area contributed by atoms with E-state index >= 15 is 0 Å². The fourth-order valence-electron chi connectivity index (χ4n) is 2.89. The minimum atomic E-state index is -0.666. The molecular weight excluding hydrogens is 353 g/mol. The average molecular weight is 369 g/mol. The Hall–Kier alpha value is -3.55. The zero-order valence-electron chi connectivity index (χ0n) is 14.7. The lowest BCUT2D eigenvalue weighted by Crippen LogP contribution is -2.13. The number of ketones is 1. The van der Waals surface area contributed by atoms with Crippen molar-refractivity contribution in [3.63, 3.8) is 0 Å². The Balaban J connectivity index is 1.83. The maximum atomic E-state index is 13.2. The van der Waals surface area contributed by atoms with Crippen molar-refractivity contribution < 1.29 is 18.8 Å². The number of halogens is 1. The molecule has 2 heterocycles. The summed E-state index contributed by atoms with van der Waals surface area (Å²) < 4.78 is 20.3. The van der Waals surface area contributed by atoms with Gasteiger partial charge in [0.25, 0.3) is 0 Å². The van der Waals surface area contributed by atoms with E-state index in [1.807, 2.05) is 11.5 Å². The molecule has 0 atom stereocenters. The highest BCUT2D eigenvalue weighted by atomic mass is 19.1. The van der Waals surface area contributed by atoms with Crippen LogP contribution in [0.15, 0.2) is 48.7 Å². The normalized spacial score (nSPS) is 10.6. The van der Waals surface area contributed by atoms with Gasteiger partial charge in [-0.3, -0.25) is 4.79 Å². The number of nitrogens with zero attached hydrogens (tertiary/aromatic N) is 3. The number of Topliss-reactive ketones (excluding diaryl/α,β-unsaturated/α-hetero) is 1. The summed E-state index contributed by atoms with van der Waals surface area (Å²) in [6, 6.07) is 10.5. The van der Waals surface area contributed by atoms with E-state index in [1.54, 1.807) is 25.1 Å². The zero-order chi connectivity index (χ0) is 19.6. The third-order valence-corrected chi connectivity index (χ3v) is 4.10. The molecule has 3 rings (SSSR count). The maximum Gasteiger partial charge on any atom is 0.406 e. The van der Waals surface area contributed by atoms with Crippen LogP contribution in [0.2, 0.25) is 0 Å². The van der Waals surface area contributed by atoms with Crippen LogP contribution in [0.3, 0.4) is 0 Å². The van der Waals surface area contributed by atoms with E-state index < -0.39 is 10.7 Å². The summed E-state index contributed by atoms with van der Waals surface area (Å²) in [6.45, 7) is 3.25. The second kappa shape index (κ2) is 7.36. The SMILES string of the molecule is Cc1cc(C(=O)COc2cccnc2[N+](=O)[O-])c(C)n1-c1ccc(F)cc1. The number of hydrogen-bond acceptors (Lipinski definition) is 5. The topological polar surface area (TPSA) is 87.3 Å². The average Bonchev–Trinajstić information content (AvgIpc) is 2.95. The van der Waals surface area contributed by atoms with Crippen LogP contribution in [0, 0.1) is 29.8 Å². The molecule has 0 saturated carbocycles. The van der Waals surface area contributed by atoms with Gasteiger partial charge in [0, 0.05) is 22.6 Å². The lowest BCUT2D eigenvalue weighted by atomic mass is 10.1. The van der Waals surface area contributed by atoms with Crippen LogP contribution < -0.4 is 4.74 Å². The van der Waals surface area contributed by atoms with E-state index in [4.69, 9.17) is 4.74 Å². The number of ether oxygens (including phenoxy) is 1. The molecule has 0 fully saturated rings. The molecule has 138 valence electrons. The number of rotatable bonds is 6. The molecule has 3 aromatic rings. The summed E-state index contributed by atoms with van der Waals surface area (Å²) in [4.78, 5) is 26.5. The van der Waals surface area contributed by atoms with E-state index in [9.17, 15) is 19.3 Å².